The molecule has 0 aliphatic carbocycles. The molecular weight excluding hydrogens is 540 g/mol. The largest absolute Gasteiger partial charge is 0.493 e. The standard InChI is InChI=1S/C34H34N6O3/c1-4-32(41)38-30-12-11-26(17-23(30)2)33(42)36-27-18-24-19-28(21-27)37-34-35-14-13-31(39-34)25-9-8-10-29(20-25)43-16-7-5-6-15-40(3)22-24/h4-6,8-14,17-21H,1,7,15-16,22H2,2-3H3,(H,36,42)(H,38,41)(H,35,37,39)/b6-5+. The van der Waals surface area contributed by atoms with Gasteiger partial charge < -0.3 is 20.7 Å². The Morgan fingerprint density at radius 3 is 2.77 bits per heavy atom. The maximum Gasteiger partial charge on any atom is 0.255 e. The first kappa shape index (κ1) is 29.2. The third kappa shape index (κ3) is 7.93. The van der Waals surface area contributed by atoms with Gasteiger partial charge in [0.05, 0.1) is 12.3 Å². The fraction of sp³-hybridized carbons (Fsp3) is 0.176. The smallest absolute Gasteiger partial charge is 0.255 e. The molecule has 0 atom stereocenters. The van der Waals surface area contributed by atoms with E-state index >= 15 is 0 Å². The van der Waals surface area contributed by atoms with E-state index in [0.29, 0.717) is 36.0 Å². The molecule has 0 unspecified atom stereocenters. The van der Waals surface area contributed by atoms with Crippen molar-refractivity contribution in [1.29, 1.82) is 0 Å². The highest BCUT2D eigenvalue weighted by Gasteiger charge is 2.13. The normalized spacial score (nSPS) is 14.2. The molecule has 0 saturated heterocycles. The van der Waals surface area contributed by atoms with Crippen molar-refractivity contribution >= 4 is 34.8 Å². The molecule has 4 aromatic rings. The average molecular weight is 575 g/mol. The van der Waals surface area contributed by atoms with Gasteiger partial charge >= 0.3 is 0 Å². The van der Waals surface area contributed by atoms with Gasteiger partial charge in [-0.3, -0.25) is 14.5 Å². The maximum atomic E-state index is 13.3. The van der Waals surface area contributed by atoms with E-state index in [2.05, 4.69) is 44.6 Å². The van der Waals surface area contributed by atoms with Crippen LogP contribution < -0.4 is 20.7 Å². The van der Waals surface area contributed by atoms with Gasteiger partial charge in [0.15, 0.2) is 0 Å². The number of hydrogen-bond donors (Lipinski definition) is 3. The molecular formula is C34H34N6O3. The SMILES string of the molecule is C=CC(=O)Nc1ccc(C(=O)Nc2cc3cc(c2)Nc2nccc(n2)-c2cccc(c2)OCC/C=C/CN(C)C3)cc1C. The second kappa shape index (κ2) is 13.6. The summed E-state index contributed by atoms with van der Waals surface area (Å²) in [5.41, 5.74) is 5.92. The number of nitrogens with one attached hydrogen (secondary N) is 3. The van der Waals surface area contributed by atoms with Crippen molar-refractivity contribution in [3.8, 4) is 17.0 Å². The predicted octanol–water partition coefficient (Wildman–Crippen LogP) is 6.34. The van der Waals surface area contributed by atoms with Gasteiger partial charge in [0.25, 0.3) is 5.91 Å². The number of likely N-dealkylation sites (N-methyl/N-ethyl adjacent to an activating group) is 1. The van der Waals surface area contributed by atoms with Crippen molar-refractivity contribution in [2.45, 2.75) is 19.9 Å². The lowest BCUT2D eigenvalue weighted by atomic mass is 10.1. The van der Waals surface area contributed by atoms with Crippen LogP contribution in [0.3, 0.4) is 0 Å². The van der Waals surface area contributed by atoms with Gasteiger partial charge in [-0.1, -0.05) is 30.9 Å². The Bertz CT molecular complexity index is 1680. The molecule has 0 radical (unpaired) electrons. The van der Waals surface area contributed by atoms with E-state index in [-0.39, 0.29) is 11.8 Å². The summed E-state index contributed by atoms with van der Waals surface area (Å²) in [6.45, 7) is 7.31. The fourth-order valence-corrected chi connectivity index (χ4v) is 4.71. The number of aromatic nitrogens is 2. The summed E-state index contributed by atoms with van der Waals surface area (Å²) in [7, 11) is 2.05. The maximum absolute atomic E-state index is 13.3. The fourth-order valence-electron chi connectivity index (χ4n) is 4.71. The van der Waals surface area contributed by atoms with E-state index < -0.39 is 0 Å². The number of anilines is 4. The number of fused-ring (bicyclic) bond motifs is 7. The van der Waals surface area contributed by atoms with Crippen LogP contribution in [0.2, 0.25) is 0 Å². The molecule has 43 heavy (non-hydrogen) atoms. The first-order chi connectivity index (χ1) is 20.9. The zero-order valence-electron chi connectivity index (χ0n) is 24.3. The zero-order chi connectivity index (χ0) is 30.2. The molecule has 3 aromatic carbocycles. The number of hydrogen-bond acceptors (Lipinski definition) is 7. The summed E-state index contributed by atoms with van der Waals surface area (Å²) in [4.78, 5) is 36.3. The average Bonchev–Trinajstić information content (AvgIpc) is 2.99. The van der Waals surface area contributed by atoms with Gasteiger partial charge in [0, 0.05) is 47.5 Å². The van der Waals surface area contributed by atoms with E-state index in [4.69, 9.17) is 9.72 Å². The van der Waals surface area contributed by atoms with E-state index in [1.807, 2.05) is 62.5 Å². The highest BCUT2D eigenvalue weighted by Crippen LogP contribution is 2.27. The first-order valence-corrected chi connectivity index (χ1v) is 14.0. The van der Waals surface area contributed by atoms with Crippen molar-refractivity contribution in [3.05, 3.63) is 114 Å². The van der Waals surface area contributed by atoms with Crippen LogP contribution in [0.1, 0.15) is 27.9 Å². The third-order valence-electron chi connectivity index (χ3n) is 6.81. The molecule has 1 aromatic heterocycles. The second-order valence-electron chi connectivity index (χ2n) is 10.3. The van der Waals surface area contributed by atoms with Gasteiger partial charge in [-0.2, -0.15) is 0 Å². The highest BCUT2D eigenvalue weighted by molar-refractivity contribution is 6.05. The highest BCUT2D eigenvalue weighted by atomic mass is 16.5. The topological polar surface area (TPSA) is 108 Å². The van der Waals surface area contributed by atoms with Crippen molar-refractivity contribution < 1.29 is 14.3 Å². The van der Waals surface area contributed by atoms with Gasteiger partial charge in [-0.05, 0) is 92.2 Å². The molecule has 0 fully saturated rings. The Labute approximate surface area is 251 Å². The Balaban J connectivity index is 1.44. The summed E-state index contributed by atoms with van der Waals surface area (Å²) in [5, 5.41) is 9.10. The van der Waals surface area contributed by atoms with Crippen molar-refractivity contribution in [3.63, 3.8) is 0 Å². The van der Waals surface area contributed by atoms with Crippen molar-refractivity contribution in [2.75, 3.05) is 36.1 Å². The summed E-state index contributed by atoms with van der Waals surface area (Å²) >= 11 is 0. The van der Waals surface area contributed by atoms with Gasteiger partial charge in [-0.15, -0.1) is 0 Å². The lowest BCUT2D eigenvalue weighted by Crippen LogP contribution is -2.18. The molecule has 0 saturated carbocycles. The summed E-state index contributed by atoms with van der Waals surface area (Å²) in [6.07, 6.45) is 7.98. The minimum atomic E-state index is -0.308. The molecule has 1 aliphatic rings. The number of benzene rings is 3. The van der Waals surface area contributed by atoms with E-state index in [1.165, 1.54) is 6.08 Å². The zero-order valence-corrected chi connectivity index (χ0v) is 24.3. The lowest BCUT2D eigenvalue weighted by Gasteiger charge is -2.18. The molecule has 9 nitrogen and oxygen atoms in total. The predicted molar refractivity (Wildman–Crippen MR) is 171 cm³/mol. The Hall–Kier alpha value is -5.28. The summed E-state index contributed by atoms with van der Waals surface area (Å²) in [5.74, 6) is 0.650. The molecule has 2 amide bonds. The van der Waals surface area contributed by atoms with Crippen LogP contribution in [0.15, 0.2) is 97.7 Å². The molecule has 9 heteroatoms. The number of rotatable bonds is 4. The van der Waals surface area contributed by atoms with Crippen LogP contribution in [0.5, 0.6) is 5.75 Å². The van der Waals surface area contributed by atoms with Crippen molar-refractivity contribution in [2.24, 2.45) is 0 Å². The Morgan fingerprint density at radius 2 is 1.93 bits per heavy atom. The van der Waals surface area contributed by atoms with Crippen LogP contribution in [0.25, 0.3) is 11.3 Å². The summed E-state index contributed by atoms with van der Waals surface area (Å²) < 4.78 is 5.95. The number of aryl methyl sites for hydroxylation is 1. The number of carbonyl (C=O) groups is 2. The van der Waals surface area contributed by atoms with Gasteiger partial charge in [0.2, 0.25) is 11.9 Å². The molecule has 0 spiro atoms. The van der Waals surface area contributed by atoms with E-state index in [1.54, 1.807) is 24.4 Å². The van der Waals surface area contributed by atoms with E-state index in [9.17, 15) is 9.59 Å². The van der Waals surface area contributed by atoms with Gasteiger partial charge in [0.1, 0.15) is 5.75 Å². The number of ether oxygens (including phenoxy) is 1. The first-order valence-electron chi connectivity index (χ1n) is 14.0. The van der Waals surface area contributed by atoms with Crippen LogP contribution in [-0.4, -0.2) is 46.9 Å². The van der Waals surface area contributed by atoms with Crippen LogP contribution in [0, 0.1) is 6.92 Å². The van der Waals surface area contributed by atoms with Crippen LogP contribution in [0.4, 0.5) is 23.0 Å². The molecule has 1 aliphatic heterocycles. The van der Waals surface area contributed by atoms with Gasteiger partial charge in [-0.25, -0.2) is 9.97 Å². The number of nitrogens with zero attached hydrogens (tertiary/aromatic N) is 3. The molecule has 3 N–H and O–H groups in total. The Morgan fingerprint density at radius 1 is 1.05 bits per heavy atom. The Kier molecular flexibility index (Phi) is 9.23. The summed E-state index contributed by atoms with van der Waals surface area (Å²) in [6, 6.07) is 20.7. The quantitative estimate of drug-likeness (QED) is 0.193. The molecule has 5 rings (SSSR count). The second-order valence-corrected chi connectivity index (χ2v) is 10.3. The van der Waals surface area contributed by atoms with Crippen molar-refractivity contribution in [1.82, 2.24) is 14.9 Å². The minimum absolute atomic E-state index is 0.265. The van der Waals surface area contributed by atoms with E-state index in [0.717, 1.165) is 46.8 Å². The monoisotopic (exact) mass is 574 g/mol. The van der Waals surface area contributed by atoms with Crippen LogP contribution >= 0.6 is 0 Å². The molecule has 2 heterocycles. The minimum Gasteiger partial charge on any atom is -0.493 e. The number of amides is 2. The number of carbonyl (C=O) groups excluding carboxylic acids is 2. The lowest BCUT2D eigenvalue weighted by molar-refractivity contribution is -0.111. The molecule has 6 bridgehead atoms. The molecule has 218 valence electrons. The van der Waals surface area contributed by atoms with Crippen LogP contribution in [-0.2, 0) is 11.3 Å². The third-order valence-corrected chi connectivity index (χ3v) is 6.81.